The molecule has 5 nitrogen and oxygen atoms in total. The van der Waals surface area contributed by atoms with Crippen molar-refractivity contribution in [3.63, 3.8) is 0 Å². The van der Waals surface area contributed by atoms with E-state index in [2.05, 4.69) is 28.9 Å². The number of nitrogens with zero attached hydrogens (tertiary/aromatic N) is 1. The molecule has 1 N–H and O–H groups in total. The second-order valence-electron chi connectivity index (χ2n) is 7.46. The number of aromatic nitrogens is 1. The third-order valence-corrected chi connectivity index (χ3v) is 7.45. The molecule has 1 aromatic heterocycles. The number of benzene rings is 2. The molecule has 2 heterocycles. The lowest BCUT2D eigenvalue weighted by Gasteiger charge is -2.30. The van der Waals surface area contributed by atoms with Crippen molar-refractivity contribution in [1.29, 1.82) is 0 Å². The summed E-state index contributed by atoms with van der Waals surface area (Å²) in [5.74, 6) is 0.637. The smallest absolute Gasteiger partial charge is 0.214 e. The van der Waals surface area contributed by atoms with Gasteiger partial charge in [0, 0.05) is 19.2 Å². The zero-order valence-corrected chi connectivity index (χ0v) is 17.8. The van der Waals surface area contributed by atoms with Crippen LogP contribution in [-0.4, -0.2) is 28.6 Å². The Labute approximate surface area is 172 Å². The van der Waals surface area contributed by atoms with Crippen LogP contribution in [0.3, 0.4) is 0 Å². The molecule has 1 saturated heterocycles. The molecule has 4 rings (SSSR count). The number of H-pyrrole nitrogens is 1. The number of sulfone groups is 1. The average molecular weight is 412 g/mol. The first kappa shape index (κ1) is 19.7. The number of piperidine rings is 1. The van der Waals surface area contributed by atoms with E-state index in [-0.39, 0.29) is 4.90 Å². The fourth-order valence-electron chi connectivity index (χ4n) is 4.01. The number of methoxy groups -OCH3 is 1. The van der Waals surface area contributed by atoms with Crippen LogP contribution in [0.15, 0.2) is 58.5 Å². The minimum Gasteiger partial charge on any atom is -0.497 e. The van der Waals surface area contributed by atoms with Gasteiger partial charge in [-0.15, -0.1) is 0 Å². The number of anilines is 1. The summed E-state index contributed by atoms with van der Waals surface area (Å²) in [5.41, 5.74) is 2.98. The third-order valence-electron chi connectivity index (χ3n) is 5.67. The molecule has 0 atom stereocenters. The second kappa shape index (κ2) is 8.03. The normalized spacial score (nSPS) is 14.9. The number of hydrogen-bond donors (Lipinski definition) is 0. The first-order valence-electron chi connectivity index (χ1n) is 10.2. The molecule has 2 aromatic carbocycles. The molecule has 29 heavy (non-hydrogen) atoms. The summed E-state index contributed by atoms with van der Waals surface area (Å²) >= 11 is 0. The molecule has 6 heteroatoms. The molecule has 1 aliphatic rings. The van der Waals surface area contributed by atoms with Gasteiger partial charge in [0.25, 0.3) is 0 Å². The number of pyridine rings is 1. The van der Waals surface area contributed by atoms with Crippen molar-refractivity contribution in [2.75, 3.05) is 25.1 Å². The molecule has 0 amide bonds. The van der Waals surface area contributed by atoms with E-state index in [1.165, 1.54) is 12.0 Å². The summed E-state index contributed by atoms with van der Waals surface area (Å²) in [6.07, 6.45) is 5.90. The summed E-state index contributed by atoms with van der Waals surface area (Å²) < 4.78 is 32.4. The van der Waals surface area contributed by atoms with E-state index in [1.54, 1.807) is 37.6 Å². The van der Waals surface area contributed by atoms with Crippen LogP contribution >= 0.6 is 0 Å². The Balaban J connectivity index is 1.94. The fourth-order valence-corrected chi connectivity index (χ4v) is 5.46. The predicted molar refractivity (Wildman–Crippen MR) is 114 cm³/mol. The number of fused-ring (bicyclic) bond motifs is 1. The topological polar surface area (TPSA) is 60.8 Å². The molecule has 0 saturated carbocycles. The lowest BCUT2D eigenvalue weighted by atomic mass is 10.0. The fraction of sp³-hybridized carbons (Fsp3) is 0.348. The summed E-state index contributed by atoms with van der Waals surface area (Å²) in [6, 6.07) is 12.9. The van der Waals surface area contributed by atoms with E-state index in [4.69, 9.17) is 4.74 Å². The van der Waals surface area contributed by atoms with Gasteiger partial charge in [-0.2, -0.15) is 0 Å². The van der Waals surface area contributed by atoms with E-state index in [0.717, 1.165) is 48.9 Å². The molecule has 0 aliphatic carbocycles. The van der Waals surface area contributed by atoms with Crippen LogP contribution in [0.1, 0.15) is 31.7 Å². The van der Waals surface area contributed by atoms with E-state index in [1.807, 2.05) is 6.07 Å². The van der Waals surface area contributed by atoms with Gasteiger partial charge in [0.2, 0.25) is 15.4 Å². The van der Waals surface area contributed by atoms with Crippen molar-refractivity contribution >= 4 is 26.4 Å². The maximum Gasteiger partial charge on any atom is 0.214 e. The highest BCUT2D eigenvalue weighted by atomic mass is 32.2. The van der Waals surface area contributed by atoms with Gasteiger partial charge in [0.1, 0.15) is 5.75 Å². The van der Waals surface area contributed by atoms with Crippen molar-refractivity contribution in [1.82, 2.24) is 0 Å². The van der Waals surface area contributed by atoms with Crippen LogP contribution in [0.4, 0.5) is 5.69 Å². The number of rotatable bonds is 5. The van der Waals surface area contributed by atoms with E-state index in [0.29, 0.717) is 10.6 Å². The molecule has 0 bridgehead atoms. The van der Waals surface area contributed by atoms with Crippen LogP contribution in [0.25, 0.3) is 10.9 Å². The monoisotopic (exact) mass is 411 g/mol. The van der Waals surface area contributed by atoms with Crippen molar-refractivity contribution in [2.24, 2.45) is 0 Å². The number of hydrogen-bond acceptors (Lipinski definition) is 4. The largest absolute Gasteiger partial charge is 0.497 e. The van der Waals surface area contributed by atoms with Gasteiger partial charge < -0.3 is 9.64 Å². The van der Waals surface area contributed by atoms with E-state index < -0.39 is 9.84 Å². The summed E-state index contributed by atoms with van der Waals surface area (Å²) in [4.78, 5) is 6.08. The van der Waals surface area contributed by atoms with Crippen LogP contribution in [0, 0.1) is 0 Å². The van der Waals surface area contributed by atoms with Crippen molar-refractivity contribution in [2.45, 2.75) is 42.4 Å². The lowest BCUT2D eigenvalue weighted by Crippen LogP contribution is -2.31. The Bertz CT molecular complexity index is 1120. The Kier molecular flexibility index (Phi) is 5.46. The molecular weight excluding hydrogens is 384 g/mol. The maximum atomic E-state index is 13.6. The highest BCUT2D eigenvalue weighted by Crippen LogP contribution is 2.36. The van der Waals surface area contributed by atoms with Crippen molar-refractivity contribution in [3.05, 3.63) is 54.2 Å². The number of nitrogens with one attached hydrogen (secondary N) is 1. The molecule has 0 unspecified atom stereocenters. The van der Waals surface area contributed by atoms with Crippen LogP contribution in [-0.2, 0) is 16.3 Å². The highest BCUT2D eigenvalue weighted by Gasteiger charge is 2.30. The molecule has 0 spiro atoms. The van der Waals surface area contributed by atoms with Gasteiger partial charge in [-0.05, 0) is 61.6 Å². The van der Waals surface area contributed by atoms with Crippen LogP contribution in [0.2, 0.25) is 0 Å². The quantitative estimate of drug-likeness (QED) is 0.636. The molecule has 1 aliphatic heterocycles. The minimum atomic E-state index is -3.68. The van der Waals surface area contributed by atoms with Crippen LogP contribution < -0.4 is 14.6 Å². The summed E-state index contributed by atoms with van der Waals surface area (Å²) in [7, 11) is -2.11. The molecule has 152 valence electrons. The van der Waals surface area contributed by atoms with Gasteiger partial charge >= 0.3 is 0 Å². The zero-order valence-electron chi connectivity index (χ0n) is 16.9. The Morgan fingerprint density at radius 2 is 1.76 bits per heavy atom. The highest BCUT2D eigenvalue weighted by molar-refractivity contribution is 7.91. The number of aryl methyl sites for hydroxylation is 1. The minimum absolute atomic E-state index is 0.274. The maximum absolute atomic E-state index is 13.6. The number of aromatic amines is 1. The second-order valence-corrected chi connectivity index (χ2v) is 9.38. The zero-order chi connectivity index (χ0) is 20.4. The van der Waals surface area contributed by atoms with Gasteiger partial charge in [0.05, 0.1) is 23.1 Å². The molecular formula is C23H27N2O3S+. The summed E-state index contributed by atoms with van der Waals surface area (Å²) in [6.45, 7) is 3.87. The standard InChI is InChI=1S/C23H26N2O3S/c1-3-17-7-12-21-20(15-17)23(25-13-5-4-6-14-25)22(16-24-21)29(26,27)19-10-8-18(28-2)9-11-19/h7-12,15-16H,3-6,13-14H2,1-2H3/p+1. The van der Waals surface area contributed by atoms with Gasteiger partial charge in [-0.25, -0.2) is 13.4 Å². The Morgan fingerprint density at radius 1 is 1.03 bits per heavy atom. The predicted octanol–water partition coefficient (Wildman–Crippen LogP) is 4.05. The average Bonchev–Trinajstić information content (AvgIpc) is 2.78. The Hall–Kier alpha value is -2.60. The van der Waals surface area contributed by atoms with Gasteiger partial charge in [0.15, 0.2) is 11.1 Å². The van der Waals surface area contributed by atoms with E-state index >= 15 is 0 Å². The molecule has 0 radical (unpaired) electrons. The van der Waals surface area contributed by atoms with Crippen LogP contribution in [0.5, 0.6) is 5.75 Å². The lowest BCUT2D eigenvalue weighted by molar-refractivity contribution is -0.347. The summed E-state index contributed by atoms with van der Waals surface area (Å²) in [5, 5.41) is 0.973. The van der Waals surface area contributed by atoms with Gasteiger partial charge in [-0.1, -0.05) is 13.0 Å². The first-order chi connectivity index (χ1) is 14.0. The third kappa shape index (κ3) is 3.69. The Morgan fingerprint density at radius 3 is 2.41 bits per heavy atom. The van der Waals surface area contributed by atoms with E-state index in [9.17, 15) is 8.42 Å². The SMILES string of the molecule is CCc1ccc2[nH+]cc(S(=O)(=O)c3ccc(OC)cc3)c(N3CCCCC3)c2c1. The van der Waals surface area contributed by atoms with Crippen molar-refractivity contribution in [3.8, 4) is 5.75 Å². The molecule has 3 aromatic rings. The van der Waals surface area contributed by atoms with Gasteiger partial charge in [-0.3, -0.25) is 0 Å². The first-order valence-corrected chi connectivity index (χ1v) is 11.6. The molecule has 1 fully saturated rings. The van der Waals surface area contributed by atoms with Crippen molar-refractivity contribution < 1.29 is 18.1 Å². The number of ether oxygens (including phenoxy) is 1.